The molecule has 3 aliphatic rings. The molecular weight excluding hydrogens is 616 g/mol. The fourth-order valence-electron chi connectivity index (χ4n) is 7.61. The van der Waals surface area contributed by atoms with Crippen molar-refractivity contribution in [1.82, 2.24) is 24.0 Å². The molecule has 0 radical (unpaired) electrons. The topological polar surface area (TPSA) is 118 Å². The van der Waals surface area contributed by atoms with Crippen LogP contribution >= 0.6 is 11.6 Å². The molecule has 5 aromatic rings. The lowest BCUT2D eigenvalue weighted by molar-refractivity contribution is -0.139. The molecule has 11 heteroatoms. The zero-order valence-corrected chi connectivity index (χ0v) is 27.5. The second-order valence-electron chi connectivity index (χ2n) is 13.2. The molecule has 8 rings (SSSR count). The Bertz CT molecular complexity index is 2080. The van der Waals surface area contributed by atoms with E-state index in [9.17, 15) is 9.59 Å². The zero-order chi connectivity index (χ0) is 32.6. The molecule has 1 saturated heterocycles. The van der Waals surface area contributed by atoms with Gasteiger partial charge in [-0.3, -0.25) is 9.59 Å². The molecule has 2 aliphatic carbocycles. The number of benzene rings is 2. The van der Waals surface area contributed by atoms with E-state index in [2.05, 4.69) is 16.7 Å². The normalized spacial score (nSPS) is 20.4. The average molecular weight is 653 g/mol. The van der Waals surface area contributed by atoms with Crippen molar-refractivity contribution in [3.63, 3.8) is 0 Å². The predicted molar refractivity (Wildman–Crippen MR) is 180 cm³/mol. The summed E-state index contributed by atoms with van der Waals surface area (Å²) >= 11 is 6.81. The standard InChI is InChI=1S/C36H37ClN6O4/c1-41-33-26(13-23(15-29(33)46-2)36(45)43-18-22-10-12-27(43)32(22)38)40-35(41)28-14-21-9-11-25(39-34(21)42(28)17-19-7-8-19)24-6-4-5-20(31(24)37)16-30(44)47-3/h4-6,9,11,13-15,19,22,27,32H,7-8,10,12,16-18,38H2,1-3H3/t22?,27?,32-/m1/s1. The van der Waals surface area contributed by atoms with Crippen LogP contribution in [0.15, 0.2) is 48.5 Å². The molecular formula is C36H37ClN6O4. The number of aryl methyl sites for hydroxylation is 1. The van der Waals surface area contributed by atoms with E-state index in [1.165, 1.54) is 20.0 Å². The highest BCUT2D eigenvalue weighted by molar-refractivity contribution is 6.34. The highest BCUT2D eigenvalue weighted by Crippen LogP contribution is 2.41. The minimum absolute atomic E-state index is 0.0195. The van der Waals surface area contributed by atoms with E-state index in [0.29, 0.717) is 45.8 Å². The molecule has 2 unspecified atom stereocenters. The van der Waals surface area contributed by atoms with Gasteiger partial charge in [0.2, 0.25) is 0 Å². The third kappa shape index (κ3) is 4.96. The molecule has 242 valence electrons. The highest BCUT2D eigenvalue weighted by atomic mass is 35.5. The van der Waals surface area contributed by atoms with Crippen molar-refractivity contribution < 1.29 is 19.1 Å². The monoisotopic (exact) mass is 652 g/mol. The third-order valence-electron chi connectivity index (χ3n) is 10.3. The Labute approximate surface area is 277 Å². The van der Waals surface area contributed by atoms with Crippen LogP contribution in [0, 0.1) is 11.8 Å². The number of hydrogen-bond acceptors (Lipinski definition) is 7. The molecule has 10 nitrogen and oxygen atoms in total. The van der Waals surface area contributed by atoms with Crippen molar-refractivity contribution in [2.75, 3.05) is 20.8 Å². The summed E-state index contributed by atoms with van der Waals surface area (Å²) in [5, 5.41) is 1.48. The van der Waals surface area contributed by atoms with Gasteiger partial charge in [0.15, 0.2) is 5.82 Å². The Kier molecular flexibility index (Phi) is 7.25. The van der Waals surface area contributed by atoms with Gasteiger partial charge < -0.3 is 29.2 Å². The van der Waals surface area contributed by atoms with Crippen LogP contribution in [0.3, 0.4) is 0 Å². The minimum atomic E-state index is -0.349. The minimum Gasteiger partial charge on any atom is -0.494 e. The number of pyridine rings is 1. The third-order valence-corrected chi connectivity index (χ3v) is 10.8. The number of nitrogens with zero attached hydrogens (tertiary/aromatic N) is 5. The van der Waals surface area contributed by atoms with E-state index in [1.54, 1.807) is 7.11 Å². The van der Waals surface area contributed by atoms with Crippen molar-refractivity contribution in [2.24, 2.45) is 24.6 Å². The fraction of sp³-hybridized carbons (Fsp3) is 0.389. The Balaban J connectivity index is 1.22. The summed E-state index contributed by atoms with van der Waals surface area (Å²) in [6.07, 6.45) is 4.47. The summed E-state index contributed by atoms with van der Waals surface area (Å²) in [6, 6.07) is 15.6. The first kappa shape index (κ1) is 30.0. The maximum Gasteiger partial charge on any atom is 0.310 e. The Morgan fingerprint density at radius 2 is 1.87 bits per heavy atom. The van der Waals surface area contributed by atoms with Gasteiger partial charge in [0.05, 0.1) is 42.6 Å². The number of fused-ring (bicyclic) bond motifs is 4. The summed E-state index contributed by atoms with van der Waals surface area (Å²) in [4.78, 5) is 37.9. The molecule has 1 amide bonds. The highest BCUT2D eigenvalue weighted by Gasteiger charge is 2.47. The maximum absolute atomic E-state index is 13.8. The average Bonchev–Trinajstić information content (AvgIpc) is 3.48. The largest absolute Gasteiger partial charge is 0.494 e. The van der Waals surface area contributed by atoms with Crippen LogP contribution in [-0.2, 0) is 29.5 Å². The molecule has 1 aliphatic heterocycles. The lowest BCUT2D eigenvalue weighted by Crippen LogP contribution is -2.41. The van der Waals surface area contributed by atoms with Gasteiger partial charge in [0, 0.05) is 48.7 Å². The predicted octanol–water partition coefficient (Wildman–Crippen LogP) is 5.61. The van der Waals surface area contributed by atoms with Gasteiger partial charge in [-0.05, 0) is 73.4 Å². The molecule has 47 heavy (non-hydrogen) atoms. The van der Waals surface area contributed by atoms with Gasteiger partial charge in [-0.15, -0.1) is 0 Å². The smallest absolute Gasteiger partial charge is 0.310 e. The number of methoxy groups -OCH3 is 2. The number of hydrogen-bond donors (Lipinski definition) is 1. The molecule has 3 atom stereocenters. The number of esters is 1. The number of aromatic nitrogens is 4. The zero-order valence-electron chi connectivity index (χ0n) is 26.7. The number of carbonyl (C=O) groups is 2. The van der Waals surface area contributed by atoms with Crippen molar-refractivity contribution >= 4 is 45.5 Å². The number of rotatable bonds is 8. The number of halogens is 1. The number of amides is 1. The Morgan fingerprint density at radius 3 is 2.57 bits per heavy atom. The van der Waals surface area contributed by atoms with Gasteiger partial charge in [-0.1, -0.05) is 29.8 Å². The van der Waals surface area contributed by atoms with E-state index >= 15 is 0 Å². The number of ether oxygens (including phenoxy) is 2. The fourth-order valence-corrected chi connectivity index (χ4v) is 7.90. The molecule has 2 N–H and O–H groups in total. The first-order chi connectivity index (χ1) is 22.7. The van der Waals surface area contributed by atoms with E-state index in [4.69, 9.17) is 36.8 Å². The van der Waals surface area contributed by atoms with Crippen LogP contribution in [0.2, 0.25) is 5.02 Å². The molecule has 3 aromatic heterocycles. The number of likely N-dealkylation sites (tertiary alicyclic amines) is 1. The van der Waals surface area contributed by atoms with Crippen LogP contribution in [0.4, 0.5) is 0 Å². The second kappa shape index (κ2) is 11.4. The van der Waals surface area contributed by atoms with Gasteiger partial charge in [0.25, 0.3) is 5.91 Å². The number of carbonyl (C=O) groups excluding carboxylic acids is 2. The van der Waals surface area contributed by atoms with Gasteiger partial charge in [-0.2, -0.15) is 0 Å². The first-order valence-corrected chi connectivity index (χ1v) is 16.6. The van der Waals surface area contributed by atoms with Gasteiger partial charge in [0.1, 0.15) is 16.9 Å². The van der Waals surface area contributed by atoms with E-state index in [1.807, 2.05) is 52.9 Å². The molecule has 4 heterocycles. The summed E-state index contributed by atoms with van der Waals surface area (Å²) in [5.74, 6) is 1.94. The van der Waals surface area contributed by atoms with Crippen LogP contribution in [-0.4, -0.2) is 68.7 Å². The van der Waals surface area contributed by atoms with E-state index in [0.717, 1.165) is 58.7 Å². The molecule has 2 saturated carbocycles. The van der Waals surface area contributed by atoms with Crippen LogP contribution in [0.25, 0.3) is 44.8 Å². The van der Waals surface area contributed by atoms with Crippen molar-refractivity contribution in [3.05, 3.63) is 64.7 Å². The lowest BCUT2D eigenvalue weighted by Gasteiger charge is -2.27. The maximum atomic E-state index is 13.8. The summed E-state index contributed by atoms with van der Waals surface area (Å²) in [7, 11) is 4.98. The van der Waals surface area contributed by atoms with Gasteiger partial charge in [-0.25, -0.2) is 9.97 Å². The van der Waals surface area contributed by atoms with Crippen molar-refractivity contribution in [1.29, 1.82) is 0 Å². The van der Waals surface area contributed by atoms with Gasteiger partial charge >= 0.3 is 5.97 Å². The number of nitrogens with two attached hydrogens (primary N) is 1. The van der Waals surface area contributed by atoms with Crippen LogP contribution in [0.5, 0.6) is 5.75 Å². The van der Waals surface area contributed by atoms with Crippen molar-refractivity contribution in [3.8, 4) is 28.5 Å². The van der Waals surface area contributed by atoms with Crippen LogP contribution < -0.4 is 10.5 Å². The quantitative estimate of drug-likeness (QED) is 0.217. The van der Waals surface area contributed by atoms with E-state index in [-0.39, 0.29) is 30.4 Å². The summed E-state index contributed by atoms with van der Waals surface area (Å²) < 4.78 is 15.0. The molecule has 2 bridgehead atoms. The number of imidazole rings is 1. The Morgan fingerprint density at radius 1 is 1.04 bits per heavy atom. The summed E-state index contributed by atoms with van der Waals surface area (Å²) in [6.45, 7) is 1.52. The first-order valence-electron chi connectivity index (χ1n) is 16.2. The number of piperidine rings is 1. The van der Waals surface area contributed by atoms with Crippen LogP contribution in [0.1, 0.15) is 41.6 Å². The molecule has 3 fully saturated rings. The summed E-state index contributed by atoms with van der Waals surface area (Å²) in [5.41, 5.74) is 12.5. The van der Waals surface area contributed by atoms with E-state index < -0.39 is 0 Å². The lowest BCUT2D eigenvalue weighted by atomic mass is 10.0. The Hall–Kier alpha value is -4.41. The molecule has 2 aromatic carbocycles. The van der Waals surface area contributed by atoms with Crippen molar-refractivity contribution in [2.45, 2.75) is 50.7 Å². The molecule has 0 spiro atoms. The SMILES string of the molecule is COC(=O)Cc1cccc(-c2ccc3cc(-c4nc5cc(C(=O)N6CC7CCC6[C@@H]7N)cc(OC)c5n4C)n(CC4CC4)c3n2)c1Cl. The second-order valence-corrected chi connectivity index (χ2v) is 13.6.